The normalized spacial score (nSPS) is 4.46. The predicted molar refractivity (Wildman–Crippen MR) is 37.9 cm³/mol. The van der Waals surface area contributed by atoms with Crippen LogP contribution >= 0.6 is 0 Å². The van der Waals surface area contributed by atoms with Crippen LogP contribution in [0.15, 0.2) is 0 Å². The third kappa shape index (κ3) is 1210. The van der Waals surface area contributed by atoms with Crippen LogP contribution in [-0.4, -0.2) is 79.9 Å². The van der Waals surface area contributed by atoms with E-state index in [1.807, 2.05) is 0 Å². The zero-order valence-corrected chi connectivity index (χ0v) is 10.5. The van der Waals surface area contributed by atoms with Crippen LogP contribution in [0.1, 0.15) is 0 Å². The van der Waals surface area contributed by atoms with Crippen molar-refractivity contribution in [3.8, 4) is 0 Å². The SMILES string of the molecule is O.O.O.O.O.O.O=S(=O)([O-])[O-].[Cr+2].[Na]. The zero-order chi connectivity index (χ0) is 4.50. The summed E-state index contributed by atoms with van der Waals surface area (Å²) in [6.45, 7) is 0. The van der Waals surface area contributed by atoms with Crippen molar-refractivity contribution in [2.45, 2.75) is 0 Å². The third-order valence-electron chi connectivity index (χ3n) is 0. The van der Waals surface area contributed by atoms with Crippen molar-refractivity contribution in [1.29, 1.82) is 0 Å². The second-order valence-corrected chi connectivity index (χ2v) is 1.22. The minimum Gasteiger partial charge on any atom is -0.759 e. The molecule has 0 aliphatic carbocycles. The molecule has 0 rings (SSSR count). The van der Waals surface area contributed by atoms with E-state index in [1.165, 1.54) is 0 Å². The van der Waals surface area contributed by atoms with Crippen LogP contribution in [0.3, 0.4) is 0 Å². The quantitative estimate of drug-likeness (QED) is 0.237. The van der Waals surface area contributed by atoms with Crippen molar-refractivity contribution in [1.82, 2.24) is 0 Å². The van der Waals surface area contributed by atoms with Crippen LogP contribution in [0.4, 0.5) is 0 Å². The zero-order valence-electron chi connectivity index (χ0n) is 6.45. The first kappa shape index (κ1) is 92.1. The summed E-state index contributed by atoms with van der Waals surface area (Å²) in [4.78, 5) is 0. The molecule has 0 fully saturated rings. The van der Waals surface area contributed by atoms with Crippen molar-refractivity contribution in [3.05, 3.63) is 0 Å². The molecule has 13 heteroatoms. The number of rotatable bonds is 0. The van der Waals surface area contributed by atoms with Gasteiger partial charge in [-0.05, 0) is 0 Å². The maximum atomic E-state index is 8.52. The third-order valence-corrected chi connectivity index (χ3v) is 0. The average molecular weight is 279 g/mol. The molecule has 0 bridgehead atoms. The molecular formula is H12CrNaO10S. The van der Waals surface area contributed by atoms with Crippen molar-refractivity contribution in [2.24, 2.45) is 0 Å². The molecule has 85 valence electrons. The second-order valence-electron chi connectivity index (χ2n) is 0.408. The van der Waals surface area contributed by atoms with E-state index in [0.717, 1.165) is 0 Å². The molecule has 13 heavy (non-hydrogen) atoms. The van der Waals surface area contributed by atoms with Gasteiger partial charge in [0.2, 0.25) is 0 Å². The maximum absolute atomic E-state index is 8.52. The Bertz CT molecular complexity index is 98.1. The minimum absolute atomic E-state index is 0. The van der Waals surface area contributed by atoms with Crippen molar-refractivity contribution in [2.75, 3.05) is 0 Å². The van der Waals surface area contributed by atoms with Gasteiger partial charge in [-0.1, -0.05) is 0 Å². The van der Waals surface area contributed by atoms with E-state index in [4.69, 9.17) is 17.5 Å². The second kappa shape index (κ2) is 38.0. The molecule has 0 saturated heterocycles. The van der Waals surface area contributed by atoms with Gasteiger partial charge in [-0.25, -0.2) is 0 Å². The minimum atomic E-state index is -5.17. The van der Waals surface area contributed by atoms with Crippen LogP contribution in [0, 0.1) is 0 Å². The first-order chi connectivity index (χ1) is 2.00. The fourth-order valence-corrected chi connectivity index (χ4v) is 0. The molecule has 0 amide bonds. The van der Waals surface area contributed by atoms with Gasteiger partial charge >= 0.3 is 17.4 Å². The van der Waals surface area contributed by atoms with E-state index in [2.05, 4.69) is 0 Å². The first-order valence-corrected chi connectivity index (χ1v) is 2.00. The molecule has 1 radical (unpaired) electrons. The summed E-state index contributed by atoms with van der Waals surface area (Å²) in [5, 5.41) is 0. The van der Waals surface area contributed by atoms with Crippen LogP contribution in [0.2, 0.25) is 0 Å². The Balaban J connectivity index is -0.00000000286. The van der Waals surface area contributed by atoms with E-state index in [0.29, 0.717) is 0 Å². The molecular weight excluding hydrogens is 267 g/mol. The van der Waals surface area contributed by atoms with Gasteiger partial charge in [-0.15, -0.1) is 0 Å². The maximum Gasteiger partial charge on any atom is 2.00 e. The van der Waals surface area contributed by atoms with E-state index in [-0.39, 0.29) is 79.8 Å². The van der Waals surface area contributed by atoms with E-state index in [1.54, 1.807) is 0 Å². The molecule has 0 aliphatic rings. The van der Waals surface area contributed by atoms with Crippen LogP contribution in [-0.2, 0) is 27.8 Å². The Kier molecular flexibility index (Phi) is 269. The fraction of sp³-hybridized carbons (Fsp3) is 0. The Morgan fingerprint density at radius 3 is 0.692 bits per heavy atom. The predicted octanol–water partition coefficient (Wildman–Crippen LogP) is -6.67. The summed E-state index contributed by atoms with van der Waals surface area (Å²) in [6.07, 6.45) is 0. The summed E-state index contributed by atoms with van der Waals surface area (Å²) in [7, 11) is -5.17. The standard InChI is InChI=1S/Cr.Na.H2O4S.6H2O/c;;1-5(2,3)4;;;;;;/h;;(H2,1,2,3,4);6*1H2/q+2;;;;;;;;/p-2. The van der Waals surface area contributed by atoms with Gasteiger partial charge in [0.05, 0.1) is 0 Å². The van der Waals surface area contributed by atoms with Crippen LogP contribution in [0.25, 0.3) is 0 Å². The summed E-state index contributed by atoms with van der Waals surface area (Å²) >= 11 is 0. The van der Waals surface area contributed by atoms with Crippen molar-refractivity contribution in [3.63, 3.8) is 0 Å². The molecule has 0 aliphatic heterocycles. The molecule has 0 aromatic carbocycles. The van der Waals surface area contributed by atoms with Gasteiger partial charge < -0.3 is 42.0 Å². The average Bonchev–Trinajstić information content (AvgIpc) is 0.722. The Labute approximate surface area is 107 Å². The van der Waals surface area contributed by atoms with Gasteiger partial charge in [0.1, 0.15) is 0 Å². The van der Waals surface area contributed by atoms with Crippen molar-refractivity contribution < 1.29 is 67.7 Å². The summed E-state index contributed by atoms with van der Waals surface area (Å²) in [5.41, 5.74) is 0. The molecule has 0 unspecified atom stereocenters. The van der Waals surface area contributed by atoms with Gasteiger partial charge in [0.15, 0.2) is 0 Å². The molecule has 0 atom stereocenters. The Morgan fingerprint density at radius 1 is 0.692 bits per heavy atom. The van der Waals surface area contributed by atoms with Gasteiger partial charge in [0, 0.05) is 40.0 Å². The van der Waals surface area contributed by atoms with Gasteiger partial charge in [0.25, 0.3) is 0 Å². The smallest absolute Gasteiger partial charge is 0.759 e. The topological polar surface area (TPSA) is 269 Å². The first-order valence-electron chi connectivity index (χ1n) is 0.667. The summed E-state index contributed by atoms with van der Waals surface area (Å²) < 4.78 is 34.1. The summed E-state index contributed by atoms with van der Waals surface area (Å²) in [5.74, 6) is 0. The molecule has 0 saturated carbocycles. The molecule has 0 aromatic heterocycles. The summed E-state index contributed by atoms with van der Waals surface area (Å²) in [6, 6.07) is 0. The number of hydrogen-bond acceptors (Lipinski definition) is 4. The van der Waals surface area contributed by atoms with Gasteiger partial charge in [-0.3, -0.25) is 8.42 Å². The van der Waals surface area contributed by atoms with E-state index >= 15 is 0 Å². The monoisotopic (exact) mass is 279 g/mol. The Morgan fingerprint density at radius 2 is 0.692 bits per heavy atom. The largest absolute Gasteiger partial charge is 2.00 e. The van der Waals surface area contributed by atoms with Crippen LogP contribution in [0.5, 0.6) is 0 Å². The fourth-order valence-electron chi connectivity index (χ4n) is 0. The molecule has 12 N–H and O–H groups in total. The van der Waals surface area contributed by atoms with Crippen LogP contribution < -0.4 is 0 Å². The Hall–Kier alpha value is 1.16. The van der Waals surface area contributed by atoms with Crippen molar-refractivity contribution >= 4 is 40.0 Å². The molecule has 0 heterocycles. The van der Waals surface area contributed by atoms with E-state index < -0.39 is 10.4 Å². The van der Waals surface area contributed by atoms with E-state index in [9.17, 15) is 0 Å². The molecule has 10 nitrogen and oxygen atoms in total. The number of hydrogen-bond donors (Lipinski definition) is 0. The molecule has 0 aromatic rings. The van der Waals surface area contributed by atoms with Gasteiger partial charge in [-0.2, -0.15) is 0 Å². The molecule has 0 spiro atoms.